The van der Waals surface area contributed by atoms with Crippen LogP contribution in [0.15, 0.2) is 34.8 Å². The third-order valence-electron chi connectivity index (χ3n) is 2.70. The molecule has 0 radical (unpaired) electrons. The maximum Gasteiger partial charge on any atom is 0.295 e. The lowest BCUT2D eigenvalue weighted by atomic mass is 10.2. The van der Waals surface area contributed by atoms with Crippen LogP contribution in [0.1, 0.15) is 5.56 Å². The molecule has 0 fully saturated rings. The van der Waals surface area contributed by atoms with E-state index in [0.29, 0.717) is 5.56 Å². The van der Waals surface area contributed by atoms with Crippen molar-refractivity contribution in [1.29, 1.82) is 0 Å². The molecule has 110 valence electrons. The van der Waals surface area contributed by atoms with E-state index in [0.717, 1.165) is 6.07 Å². The fourth-order valence-electron chi connectivity index (χ4n) is 1.68. The van der Waals surface area contributed by atoms with Gasteiger partial charge in [0.2, 0.25) is 0 Å². The Labute approximate surface area is 132 Å². The first-order valence-electron chi connectivity index (χ1n) is 5.69. The number of nitrogens with one attached hydrogen (secondary N) is 1. The molecule has 0 atom stereocenters. The van der Waals surface area contributed by atoms with Crippen LogP contribution in [-0.2, 0) is 6.54 Å². The number of nitro benzene ring substituents is 1. The first-order valence-corrected chi connectivity index (χ1v) is 6.87. The highest BCUT2D eigenvalue weighted by atomic mass is 79.9. The summed E-state index contributed by atoms with van der Waals surface area (Å²) in [7, 11) is 0. The second-order valence-electron chi connectivity index (χ2n) is 4.14. The van der Waals surface area contributed by atoms with Crippen LogP contribution in [0.3, 0.4) is 0 Å². The van der Waals surface area contributed by atoms with Crippen molar-refractivity contribution in [3.8, 4) is 0 Å². The summed E-state index contributed by atoms with van der Waals surface area (Å²) in [6.07, 6.45) is 0. The van der Waals surface area contributed by atoms with Gasteiger partial charge in [0.05, 0.1) is 20.5 Å². The normalized spacial score (nSPS) is 10.5. The summed E-state index contributed by atoms with van der Waals surface area (Å²) in [6, 6.07) is 6.21. The second-order valence-corrected chi connectivity index (χ2v) is 5.40. The third-order valence-corrected chi connectivity index (χ3v) is 3.60. The van der Waals surface area contributed by atoms with Crippen LogP contribution >= 0.6 is 27.5 Å². The molecule has 21 heavy (non-hydrogen) atoms. The number of nitro groups is 1. The SMILES string of the molecule is O=[N+]([O-])c1cc(F)c(Br)cc1NCc1ccc(F)c(Cl)c1. The van der Waals surface area contributed by atoms with Crippen LogP contribution < -0.4 is 5.32 Å². The fraction of sp³-hybridized carbons (Fsp3) is 0.0769. The third kappa shape index (κ3) is 3.68. The smallest absolute Gasteiger partial charge is 0.295 e. The second kappa shape index (κ2) is 6.36. The summed E-state index contributed by atoms with van der Waals surface area (Å²) in [6.45, 7) is 0.179. The summed E-state index contributed by atoms with van der Waals surface area (Å²) in [4.78, 5) is 10.2. The van der Waals surface area contributed by atoms with E-state index >= 15 is 0 Å². The van der Waals surface area contributed by atoms with E-state index in [1.807, 2.05) is 0 Å². The predicted octanol–water partition coefficient (Wildman–Crippen LogP) is 4.90. The number of anilines is 1. The zero-order chi connectivity index (χ0) is 15.6. The molecule has 0 spiro atoms. The standard InChI is InChI=1S/C13H8BrClF2N2O2/c14-8-4-12(13(19(20)21)5-11(8)17)18-6-7-1-2-10(16)9(15)3-7/h1-5,18H,6H2. The average Bonchev–Trinajstić information content (AvgIpc) is 2.43. The van der Waals surface area contributed by atoms with Crippen molar-refractivity contribution in [1.82, 2.24) is 0 Å². The van der Waals surface area contributed by atoms with Gasteiger partial charge in [0.1, 0.15) is 17.3 Å². The molecule has 2 aromatic carbocycles. The monoisotopic (exact) mass is 376 g/mol. The van der Waals surface area contributed by atoms with Gasteiger partial charge in [0.25, 0.3) is 5.69 Å². The Bertz CT molecular complexity index is 713. The van der Waals surface area contributed by atoms with Crippen LogP contribution in [-0.4, -0.2) is 4.92 Å². The highest BCUT2D eigenvalue weighted by Gasteiger charge is 2.17. The van der Waals surface area contributed by atoms with Crippen LogP contribution in [0.5, 0.6) is 0 Å². The minimum absolute atomic E-state index is 0.0379. The molecule has 0 unspecified atom stereocenters. The summed E-state index contributed by atoms with van der Waals surface area (Å²) in [5.74, 6) is -1.27. The topological polar surface area (TPSA) is 55.2 Å². The summed E-state index contributed by atoms with van der Waals surface area (Å²) in [5, 5.41) is 13.7. The Balaban J connectivity index is 2.24. The van der Waals surface area contributed by atoms with Crippen LogP contribution in [0.4, 0.5) is 20.2 Å². The number of hydrogen-bond donors (Lipinski definition) is 1. The van der Waals surface area contributed by atoms with Gasteiger partial charge in [0, 0.05) is 6.54 Å². The molecule has 0 amide bonds. The minimum atomic E-state index is -0.725. The molecule has 2 aromatic rings. The zero-order valence-corrected chi connectivity index (χ0v) is 12.7. The molecule has 0 aliphatic rings. The van der Waals surface area contributed by atoms with Gasteiger partial charge in [-0.3, -0.25) is 10.1 Å². The number of rotatable bonds is 4. The molecule has 0 bridgehead atoms. The van der Waals surface area contributed by atoms with E-state index in [1.54, 1.807) is 0 Å². The average molecular weight is 378 g/mol. The van der Waals surface area contributed by atoms with Gasteiger partial charge >= 0.3 is 0 Å². The summed E-state index contributed by atoms with van der Waals surface area (Å²) in [5.41, 5.74) is 0.397. The van der Waals surface area contributed by atoms with E-state index < -0.39 is 16.6 Å². The van der Waals surface area contributed by atoms with E-state index in [2.05, 4.69) is 21.2 Å². The molecule has 8 heteroatoms. The first-order chi connectivity index (χ1) is 9.88. The maximum absolute atomic E-state index is 13.3. The summed E-state index contributed by atoms with van der Waals surface area (Å²) >= 11 is 8.62. The number of halogens is 4. The zero-order valence-electron chi connectivity index (χ0n) is 10.4. The predicted molar refractivity (Wildman–Crippen MR) is 79.5 cm³/mol. The molecule has 0 saturated heterocycles. The van der Waals surface area contributed by atoms with Crippen LogP contribution in [0, 0.1) is 21.7 Å². The fourth-order valence-corrected chi connectivity index (χ4v) is 2.22. The van der Waals surface area contributed by atoms with E-state index in [1.165, 1.54) is 24.3 Å². The first kappa shape index (κ1) is 15.7. The van der Waals surface area contributed by atoms with E-state index in [-0.39, 0.29) is 27.4 Å². The lowest BCUT2D eigenvalue weighted by Gasteiger charge is -2.09. The number of benzene rings is 2. The quantitative estimate of drug-likeness (QED) is 0.609. The van der Waals surface area contributed by atoms with Gasteiger partial charge in [-0.25, -0.2) is 8.78 Å². The van der Waals surface area contributed by atoms with Gasteiger partial charge in [-0.05, 0) is 39.7 Å². The lowest BCUT2D eigenvalue weighted by Crippen LogP contribution is -2.03. The molecular weight excluding hydrogens is 370 g/mol. The van der Waals surface area contributed by atoms with Gasteiger partial charge in [-0.1, -0.05) is 17.7 Å². The van der Waals surface area contributed by atoms with Gasteiger partial charge < -0.3 is 5.32 Å². The van der Waals surface area contributed by atoms with E-state index in [4.69, 9.17) is 11.6 Å². The Morgan fingerprint density at radius 3 is 2.57 bits per heavy atom. The molecular formula is C13H8BrClF2N2O2. The van der Waals surface area contributed by atoms with Gasteiger partial charge in [-0.15, -0.1) is 0 Å². The van der Waals surface area contributed by atoms with Crippen molar-refractivity contribution in [3.63, 3.8) is 0 Å². The van der Waals surface area contributed by atoms with E-state index in [9.17, 15) is 18.9 Å². The van der Waals surface area contributed by atoms with Crippen molar-refractivity contribution in [2.24, 2.45) is 0 Å². The molecule has 0 aromatic heterocycles. The lowest BCUT2D eigenvalue weighted by molar-refractivity contribution is -0.384. The highest BCUT2D eigenvalue weighted by molar-refractivity contribution is 9.10. The van der Waals surface area contributed by atoms with Crippen molar-refractivity contribution in [2.45, 2.75) is 6.54 Å². The molecule has 0 heterocycles. The van der Waals surface area contributed by atoms with Crippen molar-refractivity contribution in [2.75, 3.05) is 5.32 Å². The van der Waals surface area contributed by atoms with Crippen LogP contribution in [0.25, 0.3) is 0 Å². The van der Waals surface area contributed by atoms with Gasteiger partial charge in [-0.2, -0.15) is 0 Å². The Morgan fingerprint density at radius 1 is 1.24 bits per heavy atom. The van der Waals surface area contributed by atoms with Crippen LogP contribution in [0.2, 0.25) is 5.02 Å². The number of hydrogen-bond acceptors (Lipinski definition) is 3. The largest absolute Gasteiger partial charge is 0.375 e. The van der Waals surface area contributed by atoms with Crippen molar-refractivity contribution >= 4 is 38.9 Å². The molecule has 4 nitrogen and oxygen atoms in total. The minimum Gasteiger partial charge on any atom is -0.375 e. The Hall–Kier alpha value is -1.73. The molecule has 2 rings (SSSR count). The molecule has 0 aliphatic carbocycles. The molecule has 0 saturated carbocycles. The summed E-state index contributed by atoms with van der Waals surface area (Å²) < 4.78 is 26.5. The van der Waals surface area contributed by atoms with Crippen molar-refractivity contribution in [3.05, 3.63) is 67.1 Å². The Kier molecular flexibility index (Phi) is 4.74. The van der Waals surface area contributed by atoms with Gasteiger partial charge in [0.15, 0.2) is 0 Å². The number of nitrogens with zero attached hydrogens (tertiary/aromatic N) is 1. The van der Waals surface area contributed by atoms with Crippen molar-refractivity contribution < 1.29 is 13.7 Å². The maximum atomic E-state index is 13.3. The highest BCUT2D eigenvalue weighted by Crippen LogP contribution is 2.31. The molecule has 0 aliphatic heterocycles. The Morgan fingerprint density at radius 2 is 1.95 bits per heavy atom. The molecule has 1 N–H and O–H groups in total.